The maximum absolute atomic E-state index is 12.0. The number of rotatable bonds is 5. The predicted molar refractivity (Wildman–Crippen MR) is 77.3 cm³/mol. The number of carbonyl (C=O) groups is 1. The molecule has 6 nitrogen and oxygen atoms in total. The maximum atomic E-state index is 12.0. The Labute approximate surface area is 122 Å². The maximum Gasteiger partial charge on any atom is 0.338 e. The molecule has 0 saturated heterocycles. The Balaban J connectivity index is 2.06. The van der Waals surface area contributed by atoms with E-state index in [9.17, 15) is 4.79 Å². The van der Waals surface area contributed by atoms with E-state index in [-0.39, 0.29) is 6.61 Å². The SMILES string of the molecule is COc1ccc(C(=O)OCc2cccnc2OC)cc1N. The highest BCUT2D eigenvalue weighted by Crippen LogP contribution is 2.23. The smallest absolute Gasteiger partial charge is 0.338 e. The Morgan fingerprint density at radius 3 is 2.71 bits per heavy atom. The van der Waals surface area contributed by atoms with E-state index < -0.39 is 5.97 Å². The van der Waals surface area contributed by atoms with Crippen LogP contribution in [0.2, 0.25) is 0 Å². The van der Waals surface area contributed by atoms with Gasteiger partial charge in [-0.25, -0.2) is 9.78 Å². The molecule has 1 aromatic heterocycles. The topological polar surface area (TPSA) is 83.7 Å². The van der Waals surface area contributed by atoms with Crippen LogP contribution in [0.5, 0.6) is 11.6 Å². The fourth-order valence-electron chi connectivity index (χ4n) is 1.81. The number of pyridine rings is 1. The molecule has 0 amide bonds. The van der Waals surface area contributed by atoms with Crippen LogP contribution in [0, 0.1) is 0 Å². The number of hydrogen-bond donors (Lipinski definition) is 1. The molecule has 0 fully saturated rings. The average Bonchev–Trinajstić information content (AvgIpc) is 2.52. The summed E-state index contributed by atoms with van der Waals surface area (Å²) in [5.74, 6) is 0.468. The van der Waals surface area contributed by atoms with Gasteiger partial charge in [-0.05, 0) is 30.3 Å². The van der Waals surface area contributed by atoms with Gasteiger partial charge in [0.15, 0.2) is 0 Å². The Morgan fingerprint density at radius 1 is 1.24 bits per heavy atom. The number of methoxy groups -OCH3 is 2. The van der Waals surface area contributed by atoms with Gasteiger partial charge < -0.3 is 19.9 Å². The Kier molecular flexibility index (Phi) is 4.61. The van der Waals surface area contributed by atoms with E-state index in [1.54, 1.807) is 30.5 Å². The number of carbonyl (C=O) groups excluding carboxylic acids is 1. The Bertz CT molecular complexity index is 643. The second-order valence-corrected chi connectivity index (χ2v) is 4.20. The Morgan fingerprint density at radius 2 is 2.05 bits per heavy atom. The van der Waals surface area contributed by atoms with E-state index in [2.05, 4.69) is 4.98 Å². The number of nitrogens with zero attached hydrogens (tertiary/aromatic N) is 1. The zero-order valence-corrected chi connectivity index (χ0v) is 11.8. The summed E-state index contributed by atoms with van der Waals surface area (Å²) in [7, 11) is 3.02. The van der Waals surface area contributed by atoms with Crippen molar-refractivity contribution in [2.45, 2.75) is 6.61 Å². The van der Waals surface area contributed by atoms with Crippen molar-refractivity contribution < 1.29 is 19.0 Å². The quantitative estimate of drug-likeness (QED) is 0.669. The summed E-state index contributed by atoms with van der Waals surface area (Å²) in [4.78, 5) is 16.0. The van der Waals surface area contributed by atoms with Gasteiger partial charge in [0.05, 0.1) is 31.0 Å². The molecule has 110 valence electrons. The van der Waals surface area contributed by atoms with E-state index in [0.29, 0.717) is 28.4 Å². The van der Waals surface area contributed by atoms with E-state index >= 15 is 0 Å². The number of esters is 1. The van der Waals surface area contributed by atoms with Crippen LogP contribution in [-0.4, -0.2) is 25.2 Å². The molecule has 0 saturated carbocycles. The van der Waals surface area contributed by atoms with Gasteiger partial charge in [0.25, 0.3) is 0 Å². The van der Waals surface area contributed by atoms with Crippen molar-refractivity contribution in [1.82, 2.24) is 4.98 Å². The molecule has 1 heterocycles. The van der Waals surface area contributed by atoms with Crippen molar-refractivity contribution in [2.24, 2.45) is 0 Å². The molecule has 0 atom stereocenters. The van der Waals surface area contributed by atoms with Crippen LogP contribution in [0.1, 0.15) is 15.9 Å². The van der Waals surface area contributed by atoms with Crippen LogP contribution < -0.4 is 15.2 Å². The molecule has 0 unspecified atom stereocenters. The highest BCUT2D eigenvalue weighted by atomic mass is 16.5. The molecule has 0 aliphatic rings. The third-order valence-electron chi connectivity index (χ3n) is 2.87. The third-order valence-corrected chi connectivity index (χ3v) is 2.87. The summed E-state index contributed by atoms with van der Waals surface area (Å²) < 4.78 is 15.4. The molecule has 1 aromatic carbocycles. The third kappa shape index (κ3) is 3.42. The summed E-state index contributed by atoms with van der Waals surface area (Å²) in [5.41, 5.74) is 7.19. The number of nitrogen functional groups attached to an aromatic ring is 1. The van der Waals surface area contributed by atoms with Crippen molar-refractivity contribution in [1.29, 1.82) is 0 Å². The molecule has 0 radical (unpaired) electrons. The molecular weight excluding hydrogens is 272 g/mol. The molecule has 2 aromatic rings. The summed E-state index contributed by atoms with van der Waals surface area (Å²) >= 11 is 0. The molecule has 2 rings (SSSR count). The first kappa shape index (κ1) is 14.6. The van der Waals surface area contributed by atoms with Crippen molar-refractivity contribution >= 4 is 11.7 Å². The van der Waals surface area contributed by atoms with Crippen LogP contribution in [0.4, 0.5) is 5.69 Å². The van der Waals surface area contributed by atoms with Crippen molar-refractivity contribution in [3.05, 3.63) is 47.7 Å². The predicted octanol–water partition coefficient (Wildman–Crippen LogP) is 2.04. The second-order valence-electron chi connectivity index (χ2n) is 4.20. The van der Waals surface area contributed by atoms with Gasteiger partial charge in [-0.1, -0.05) is 0 Å². The number of ether oxygens (including phenoxy) is 3. The van der Waals surface area contributed by atoms with Crippen LogP contribution >= 0.6 is 0 Å². The molecule has 2 N–H and O–H groups in total. The molecule has 0 aliphatic carbocycles. The van der Waals surface area contributed by atoms with Crippen molar-refractivity contribution in [2.75, 3.05) is 20.0 Å². The van der Waals surface area contributed by atoms with Gasteiger partial charge in [0.1, 0.15) is 12.4 Å². The summed E-state index contributed by atoms with van der Waals surface area (Å²) in [6.07, 6.45) is 1.61. The van der Waals surface area contributed by atoms with Crippen molar-refractivity contribution in [3.63, 3.8) is 0 Å². The Hall–Kier alpha value is -2.76. The van der Waals surface area contributed by atoms with Crippen LogP contribution in [-0.2, 0) is 11.3 Å². The highest BCUT2D eigenvalue weighted by Gasteiger charge is 2.12. The van der Waals surface area contributed by atoms with E-state index in [0.717, 1.165) is 0 Å². The second kappa shape index (κ2) is 6.60. The molecule has 0 bridgehead atoms. The lowest BCUT2D eigenvalue weighted by Crippen LogP contribution is -2.07. The summed E-state index contributed by atoms with van der Waals surface area (Å²) in [6, 6.07) is 8.26. The number of benzene rings is 1. The van der Waals surface area contributed by atoms with Crippen LogP contribution in [0.15, 0.2) is 36.5 Å². The minimum atomic E-state index is -0.477. The minimum Gasteiger partial charge on any atom is -0.495 e. The van der Waals surface area contributed by atoms with Gasteiger partial charge in [0.2, 0.25) is 5.88 Å². The average molecular weight is 288 g/mol. The number of aromatic nitrogens is 1. The fraction of sp³-hybridized carbons (Fsp3) is 0.200. The van der Waals surface area contributed by atoms with E-state index in [4.69, 9.17) is 19.9 Å². The standard InChI is InChI=1S/C15H16N2O4/c1-19-13-6-5-10(8-12(13)16)15(18)21-9-11-4-3-7-17-14(11)20-2/h3-8H,9,16H2,1-2H3. The van der Waals surface area contributed by atoms with Crippen molar-refractivity contribution in [3.8, 4) is 11.6 Å². The van der Waals surface area contributed by atoms with E-state index in [1.165, 1.54) is 20.3 Å². The van der Waals surface area contributed by atoms with Gasteiger partial charge in [-0.2, -0.15) is 0 Å². The largest absolute Gasteiger partial charge is 0.495 e. The van der Waals surface area contributed by atoms with Gasteiger partial charge in [-0.3, -0.25) is 0 Å². The lowest BCUT2D eigenvalue weighted by Gasteiger charge is -2.09. The summed E-state index contributed by atoms with van der Waals surface area (Å²) in [5, 5.41) is 0. The first-order chi connectivity index (χ1) is 10.2. The summed E-state index contributed by atoms with van der Waals surface area (Å²) in [6.45, 7) is 0.0712. The minimum absolute atomic E-state index is 0.0712. The first-order valence-corrected chi connectivity index (χ1v) is 6.24. The van der Waals surface area contributed by atoms with Crippen LogP contribution in [0.3, 0.4) is 0 Å². The van der Waals surface area contributed by atoms with Gasteiger partial charge in [0, 0.05) is 6.20 Å². The lowest BCUT2D eigenvalue weighted by molar-refractivity contribution is 0.0469. The monoisotopic (exact) mass is 288 g/mol. The number of nitrogens with two attached hydrogens (primary N) is 1. The molecule has 21 heavy (non-hydrogen) atoms. The van der Waals surface area contributed by atoms with E-state index in [1.807, 2.05) is 0 Å². The number of hydrogen-bond acceptors (Lipinski definition) is 6. The number of anilines is 1. The van der Waals surface area contributed by atoms with Crippen LogP contribution in [0.25, 0.3) is 0 Å². The fourth-order valence-corrected chi connectivity index (χ4v) is 1.81. The van der Waals surface area contributed by atoms with Gasteiger partial charge >= 0.3 is 5.97 Å². The molecule has 0 aliphatic heterocycles. The lowest BCUT2D eigenvalue weighted by atomic mass is 10.2. The zero-order chi connectivity index (χ0) is 15.2. The van der Waals surface area contributed by atoms with Gasteiger partial charge in [-0.15, -0.1) is 0 Å². The molecule has 0 spiro atoms. The molecule has 6 heteroatoms. The zero-order valence-electron chi connectivity index (χ0n) is 11.8. The first-order valence-electron chi connectivity index (χ1n) is 6.24. The highest BCUT2D eigenvalue weighted by molar-refractivity contribution is 5.91. The normalized spacial score (nSPS) is 10.0. The molecular formula is C15H16N2O4.